The van der Waals surface area contributed by atoms with Crippen molar-refractivity contribution in [1.29, 1.82) is 0 Å². The zero-order valence-electron chi connectivity index (χ0n) is 16.3. The van der Waals surface area contributed by atoms with Crippen LogP contribution in [0, 0.1) is 0 Å². The first kappa shape index (κ1) is 19.9. The van der Waals surface area contributed by atoms with Gasteiger partial charge in [0.15, 0.2) is 0 Å². The number of carbonyl (C=O) groups is 2. The number of rotatable bonds is 6. The first-order chi connectivity index (χ1) is 13.5. The van der Waals surface area contributed by atoms with Crippen molar-refractivity contribution in [2.24, 2.45) is 0 Å². The Morgan fingerprint density at radius 1 is 1.14 bits per heavy atom. The predicted octanol–water partition coefficient (Wildman–Crippen LogP) is 2.14. The van der Waals surface area contributed by atoms with Gasteiger partial charge in [-0.15, -0.1) is 0 Å². The van der Waals surface area contributed by atoms with Crippen molar-refractivity contribution >= 4 is 11.8 Å². The molecule has 2 atom stereocenters. The van der Waals surface area contributed by atoms with E-state index in [0.717, 1.165) is 5.56 Å². The Kier molecular flexibility index (Phi) is 6.71. The number of morpholine rings is 1. The van der Waals surface area contributed by atoms with Crippen LogP contribution in [-0.2, 0) is 16.1 Å². The van der Waals surface area contributed by atoms with Gasteiger partial charge in [0.25, 0.3) is 5.91 Å². The van der Waals surface area contributed by atoms with Crippen molar-refractivity contribution in [3.05, 3.63) is 60.2 Å². The Morgan fingerprint density at radius 2 is 1.86 bits per heavy atom. The lowest BCUT2D eigenvalue weighted by Gasteiger charge is -2.35. The maximum atomic E-state index is 12.9. The van der Waals surface area contributed by atoms with Gasteiger partial charge in [-0.3, -0.25) is 14.6 Å². The minimum absolute atomic E-state index is 0.0225. The van der Waals surface area contributed by atoms with Crippen LogP contribution >= 0.6 is 0 Å². The van der Waals surface area contributed by atoms with E-state index in [1.165, 1.54) is 18.6 Å². The van der Waals surface area contributed by atoms with E-state index in [1.54, 1.807) is 4.90 Å². The van der Waals surface area contributed by atoms with Crippen molar-refractivity contribution in [2.75, 3.05) is 19.6 Å². The lowest BCUT2D eigenvalue weighted by molar-refractivity contribution is -0.143. The van der Waals surface area contributed by atoms with E-state index >= 15 is 0 Å². The number of nitrogens with zero attached hydrogens (tertiary/aromatic N) is 4. The second-order valence-electron chi connectivity index (χ2n) is 7.11. The third-order valence-electron chi connectivity index (χ3n) is 4.65. The smallest absolute Gasteiger partial charge is 0.274 e. The highest BCUT2D eigenvalue weighted by Gasteiger charge is 2.27. The van der Waals surface area contributed by atoms with E-state index in [-0.39, 0.29) is 36.1 Å². The molecule has 0 N–H and O–H groups in total. The standard InChI is InChI=1S/C21H26N4O3/c1-16-13-25(14-17(2)28-16)20(26)8-11-24(15-18-6-4-3-5-7-18)21(27)19-12-22-9-10-23-19/h3-7,9-10,12,16-17H,8,11,13-15H2,1-2H3. The Labute approximate surface area is 165 Å². The van der Waals surface area contributed by atoms with E-state index in [0.29, 0.717) is 26.2 Å². The van der Waals surface area contributed by atoms with Gasteiger partial charge in [0, 0.05) is 45.0 Å². The summed E-state index contributed by atoms with van der Waals surface area (Å²) in [7, 11) is 0. The number of carbonyl (C=O) groups excluding carboxylic acids is 2. The third-order valence-corrected chi connectivity index (χ3v) is 4.65. The highest BCUT2D eigenvalue weighted by molar-refractivity contribution is 5.92. The normalized spacial score (nSPS) is 19.3. The fourth-order valence-corrected chi connectivity index (χ4v) is 3.40. The van der Waals surface area contributed by atoms with Gasteiger partial charge in [-0.1, -0.05) is 30.3 Å². The van der Waals surface area contributed by atoms with Crippen molar-refractivity contribution in [1.82, 2.24) is 19.8 Å². The molecule has 1 aromatic carbocycles. The Bertz CT molecular complexity index is 775. The quantitative estimate of drug-likeness (QED) is 0.765. The summed E-state index contributed by atoms with van der Waals surface area (Å²) in [6, 6.07) is 9.72. The van der Waals surface area contributed by atoms with Gasteiger partial charge in [-0.25, -0.2) is 4.98 Å². The van der Waals surface area contributed by atoms with Crippen LogP contribution in [0.25, 0.3) is 0 Å². The highest BCUT2D eigenvalue weighted by Crippen LogP contribution is 2.14. The number of hydrogen-bond acceptors (Lipinski definition) is 5. The molecule has 1 aliphatic heterocycles. The van der Waals surface area contributed by atoms with Gasteiger partial charge in [0.05, 0.1) is 18.4 Å². The van der Waals surface area contributed by atoms with E-state index in [2.05, 4.69) is 9.97 Å². The number of ether oxygens (including phenoxy) is 1. The Balaban J connectivity index is 1.68. The molecule has 3 rings (SSSR count). The summed E-state index contributed by atoms with van der Waals surface area (Å²) in [6.07, 6.45) is 4.79. The molecular weight excluding hydrogens is 356 g/mol. The highest BCUT2D eigenvalue weighted by atomic mass is 16.5. The topological polar surface area (TPSA) is 75.6 Å². The molecule has 1 aromatic heterocycles. The van der Waals surface area contributed by atoms with Crippen molar-refractivity contribution < 1.29 is 14.3 Å². The van der Waals surface area contributed by atoms with E-state index in [1.807, 2.05) is 49.1 Å². The molecule has 0 bridgehead atoms. The Morgan fingerprint density at radius 3 is 2.50 bits per heavy atom. The van der Waals surface area contributed by atoms with Crippen LogP contribution in [0.5, 0.6) is 0 Å². The van der Waals surface area contributed by atoms with Crippen LogP contribution in [-0.4, -0.2) is 63.4 Å². The van der Waals surface area contributed by atoms with Crippen molar-refractivity contribution in [3.8, 4) is 0 Å². The zero-order valence-corrected chi connectivity index (χ0v) is 16.3. The predicted molar refractivity (Wildman–Crippen MR) is 104 cm³/mol. The molecule has 28 heavy (non-hydrogen) atoms. The van der Waals surface area contributed by atoms with Crippen LogP contribution in [0.15, 0.2) is 48.9 Å². The summed E-state index contributed by atoms with van der Waals surface area (Å²) in [6.45, 7) is 5.84. The van der Waals surface area contributed by atoms with Crippen molar-refractivity contribution in [3.63, 3.8) is 0 Å². The number of benzene rings is 1. The molecule has 0 radical (unpaired) electrons. The first-order valence-corrected chi connectivity index (χ1v) is 9.55. The van der Waals surface area contributed by atoms with Gasteiger partial charge < -0.3 is 14.5 Å². The fraction of sp³-hybridized carbons (Fsp3) is 0.429. The third kappa shape index (κ3) is 5.36. The SMILES string of the molecule is CC1CN(C(=O)CCN(Cc2ccccc2)C(=O)c2cnccn2)CC(C)O1. The molecule has 2 unspecified atom stereocenters. The average Bonchev–Trinajstić information content (AvgIpc) is 2.71. The van der Waals surface area contributed by atoms with Gasteiger partial charge in [-0.05, 0) is 19.4 Å². The molecular formula is C21H26N4O3. The van der Waals surface area contributed by atoms with Gasteiger partial charge in [-0.2, -0.15) is 0 Å². The van der Waals surface area contributed by atoms with Crippen LogP contribution in [0.2, 0.25) is 0 Å². The summed E-state index contributed by atoms with van der Waals surface area (Å²) >= 11 is 0. The molecule has 7 heteroatoms. The first-order valence-electron chi connectivity index (χ1n) is 9.55. The van der Waals surface area contributed by atoms with Crippen LogP contribution < -0.4 is 0 Å². The molecule has 2 aromatic rings. The molecule has 0 aliphatic carbocycles. The molecule has 2 amide bonds. The van der Waals surface area contributed by atoms with Crippen LogP contribution in [0.3, 0.4) is 0 Å². The van der Waals surface area contributed by atoms with E-state index in [9.17, 15) is 9.59 Å². The minimum Gasteiger partial charge on any atom is -0.372 e. The average molecular weight is 382 g/mol. The monoisotopic (exact) mass is 382 g/mol. The zero-order chi connectivity index (χ0) is 19.9. The minimum atomic E-state index is -0.228. The van der Waals surface area contributed by atoms with Gasteiger partial charge in [0.2, 0.25) is 5.91 Å². The van der Waals surface area contributed by atoms with Crippen LogP contribution in [0.1, 0.15) is 36.3 Å². The lowest BCUT2D eigenvalue weighted by atomic mass is 10.2. The van der Waals surface area contributed by atoms with Gasteiger partial charge in [0.1, 0.15) is 5.69 Å². The van der Waals surface area contributed by atoms with Gasteiger partial charge >= 0.3 is 0 Å². The maximum absolute atomic E-state index is 12.9. The van der Waals surface area contributed by atoms with Crippen molar-refractivity contribution in [2.45, 2.75) is 39.0 Å². The molecule has 1 saturated heterocycles. The number of hydrogen-bond donors (Lipinski definition) is 0. The summed E-state index contributed by atoms with van der Waals surface area (Å²) in [4.78, 5) is 37.2. The number of amides is 2. The second-order valence-corrected chi connectivity index (χ2v) is 7.11. The molecule has 1 fully saturated rings. The van der Waals surface area contributed by atoms with Crippen LogP contribution in [0.4, 0.5) is 0 Å². The molecule has 1 aliphatic rings. The second kappa shape index (κ2) is 9.41. The molecule has 0 spiro atoms. The molecule has 2 heterocycles. The van der Waals surface area contributed by atoms with E-state index in [4.69, 9.17) is 4.74 Å². The summed E-state index contributed by atoms with van der Waals surface area (Å²) in [5.74, 6) is -0.194. The Hall–Kier alpha value is -2.80. The summed E-state index contributed by atoms with van der Waals surface area (Å²) < 4.78 is 5.69. The van der Waals surface area contributed by atoms with E-state index < -0.39 is 0 Å². The largest absolute Gasteiger partial charge is 0.372 e. The molecule has 148 valence electrons. The maximum Gasteiger partial charge on any atom is 0.274 e. The summed E-state index contributed by atoms with van der Waals surface area (Å²) in [5, 5.41) is 0. The molecule has 7 nitrogen and oxygen atoms in total. The molecule has 0 saturated carbocycles. The number of aromatic nitrogens is 2. The fourth-order valence-electron chi connectivity index (χ4n) is 3.40. The lowest BCUT2D eigenvalue weighted by Crippen LogP contribution is -2.49. The summed E-state index contributed by atoms with van der Waals surface area (Å²) in [5.41, 5.74) is 1.28.